The van der Waals surface area contributed by atoms with Crippen LogP contribution in [0.3, 0.4) is 0 Å². The second kappa shape index (κ2) is 6.46. The normalized spacial score (nSPS) is 11.5. The molecule has 0 aliphatic carbocycles. The first-order valence-corrected chi connectivity index (χ1v) is 8.24. The van der Waals surface area contributed by atoms with Crippen molar-refractivity contribution in [3.8, 4) is 17.1 Å². The van der Waals surface area contributed by atoms with E-state index in [4.69, 9.17) is 27.9 Å². The van der Waals surface area contributed by atoms with Crippen LogP contribution >= 0.6 is 23.2 Å². The Labute approximate surface area is 151 Å². The summed E-state index contributed by atoms with van der Waals surface area (Å²) in [7, 11) is 1.89. The summed E-state index contributed by atoms with van der Waals surface area (Å²) in [6.07, 6.45) is 0. The van der Waals surface area contributed by atoms with E-state index in [9.17, 15) is 0 Å². The summed E-state index contributed by atoms with van der Waals surface area (Å²) in [6, 6.07) is 14.9. The van der Waals surface area contributed by atoms with Crippen LogP contribution in [0.25, 0.3) is 11.4 Å². The predicted molar refractivity (Wildman–Crippen MR) is 96.6 cm³/mol. The first-order chi connectivity index (χ1) is 11.4. The Bertz CT molecular complexity index is 874. The molecular weight excluding hydrogens is 345 g/mol. The number of rotatable bonds is 4. The molecule has 0 bridgehead atoms. The molecule has 3 aromatic rings. The molecule has 2 aromatic carbocycles. The Hall–Kier alpha value is -2.04. The van der Waals surface area contributed by atoms with Gasteiger partial charge < -0.3 is 9.30 Å². The molecule has 3 rings (SSSR count). The van der Waals surface area contributed by atoms with Crippen LogP contribution in [0.2, 0.25) is 10.0 Å². The molecule has 6 heteroatoms. The lowest BCUT2D eigenvalue weighted by Crippen LogP contribution is -2.29. The maximum Gasteiger partial charge on any atom is 0.176 e. The van der Waals surface area contributed by atoms with Crippen molar-refractivity contribution in [1.82, 2.24) is 14.8 Å². The number of hydrogen-bond acceptors (Lipinski definition) is 3. The van der Waals surface area contributed by atoms with E-state index < -0.39 is 5.60 Å². The standard InChI is InChI=1S/C18H17Cl2N3O/c1-18(2,24-15-11-7-6-10-14(15)20)17-22-21-16(23(17)3)12-8-4-5-9-13(12)19/h4-11H,1-3H3. The molecule has 0 aliphatic heterocycles. The summed E-state index contributed by atoms with van der Waals surface area (Å²) in [5, 5.41) is 9.79. The number of halogens is 2. The van der Waals surface area contributed by atoms with E-state index in [-0.39, 0.29) is 0 Å². The number of nitrogens with zero attached hydrogens (tertiary/aromatic N) is 3. The molecule has 0 atom stereocenters. The fourth-order valence-corrected chi connectivity index (χ4v) is 2.97. The lowest BCUT2D eigenvalue weighted by atomic mass is 10.1. The number of benzene rings is 2. The van der Waals surface area contributed by atoms with Crippen molar-refractivity contribution >= 4 is 23.2 Å². The average Bonchev–Trinajstić information content (AvgIpc) is 2.92. The number of aromatic nitrogens is 3. The van der Waals surface area contributed by atoms with E-state index in [0.717, 1.165) is 5.56 Å². The summed E-state index contributed by atoms with van der Waals surface area (Å²) in [6.45, 7) is 3.85. The molecule has 0 fully saturated rings. The quantitative estimate of drug-likeness (QED) is 0.648. The van der Waals surface area contributed by atoms with Crippen molar-refractivity contribution in [2.24, 2.45) is 7.05 Å². The highest BCUT2D eigenvalue weighted by atomic mass is 35.5. The van der Waals surface area contributed by atoms with Gasteiger partial charge in [0, 0.05) is 12.6 Å². The lowest BCUT2D eigenvalue weighted by molar-refractivity contribution is 0.0951. The second-order valence-electron chi connectivity index (χ2n) is 5.93. The van der Waals surface area contributed by atoms with E-state index in [1.165, 1.54) is 0 Å². The van der Waals surface area contributed by atoms with Gasteiger partial charge >= 0.3 is 0 Å². The Morgan fingerprint density at radius 1 is 0.917 bits per heavy atom. The highest BCUT2D eigenvalue weighted by Crippen LogP contribution is 2.33. The van der Waals surface area contributed by atoms with Gasteiger partial charge in [-0.15, -0.1) is 10.2 Å². The van der Waals surface area contributed by atoms with Crippen LogP contribution in [0.4, 0.5) is 0 Å². The van der Waals surface area contributed by atoms with Crippen molar-refractivity contribution in [3.63, 3.8) is 0 Å². The van der Waals surface area contributed by atoms with Gasteiger partial charge in [0.1, 0.15) is 5.75 Å². The first-order valence-electron chi connectivity index (χ1n) is 7.48. The molecule has 0 saturated heterocycles. The van der Waals surface area contributed by atoms with E-state index in [1.54, 1.807) is 6.07 Å². The van der Waals surface area contributed by atoms with Gasteiger partial charge in [-0.05, 0) is 38.1 Å². The van der Waals surface area contributed by atoms with Crippen LogP contribution in [-0.4, -0.2) is 14.8 Å². The Morgan fingerprint density at radius 3 is 2.21 bits per heavy atom. The first kappa shape index (κ1) is 16.8. The van der Waals surface area contributed by atoms with Gasteiger partial charge in [0.05, 0.1) is 10.0 Å². The molecule has 0 aliphatic rings. The third-order valence-corrected chi connectivity index (χ3v) is 4.37. The van der Waals surface area contributed by atoms with Crippen LogP contribution in [0.1, 0.15) is 19.7 Å². The van der Waals surface area contributed by atoms with Crippen molar-refractivity contribution in [2.75, 3.05) is 0 Å². The molecule has 24 heavy (non-hydrogen) atoms. The van der Waals surface area contributed by atoms with Crippen molar-refractivity contribution in [2.45, 2.75) is 19.4 Å². The molecule has 0 saturated carbocycles. The average molecular weight is 362 g/mol. The van der Waals surface area contributed by atoms with Crippen molar-refractivity contribution in [1.29, 1.82) is 0 Å². The maximum absolute atomic E-state index is 6.28. The number of hydrogen-bond donors (Lipinski definition) is 0. The van der Waals surface area contributed by atoms with Gasteiger partial charge in [-0.1, -0.05) is 47.5 Å². The molecule has 0 unspecified atom stereocenters. The highest BCUT2D eigenvalue weighted by molar-refractivity contribution is 6.33. The van der Waals surface area contributed by atoms with Crippen LogP contribution < -0.4 is 4.74 Å². The van der Waals surface area contributed by atoms with Crippen LogP contribution in [0.5, 0.6) is 5.75 Å². The molecule has 4 nitrogen and oxygen atoms in total. The fourth-order valence-electron chi connectivity index (χ4n) is 2.58. The fraction of sp³-hybridized carbons (Fsp3) is 0.222. The topological polar surface area (TPSA) is 39.9 Å². The molecule has 0 spiro atoms. The molecular formula is C18H17Cl2N3O. The minimum Gasteiger partial charge on any atom is -0.478 e. The van der Waals surface area contributed by atoms with Crippen molar-refractivity contribution < 1.29 is 4.74 Å². The smallest absolute Gasteiger partial charge is 0.176 e. The summed E-state index contributed by atoms with van der Waals surface area (Å²) in [4.78, 5) is 0. The Kier molecular flexibility index (Phi) is 4.52. The van der Waals surface area contributed by atoms with Gasteiger partial charge in [-0.2, -0.15) is 0 Å². The minimum absolute atomic E-state index is 0.555. The summed E-state index contributed by atoms with van der Waals surface area (Å²) in [5.74, 6) is 1.97. The minimum atomic E-state index is -0.716. The molecule has 1 heterocycles. The third-order valence-electron chi connectivity index (χ3n) is 3.73. The zero-order valence-corrected chi connectivity index (χ0v) is 15.1. The maximum atomic E-state index is 6.28. The molecule has 1 aromatic heterocycles. The number of para-hydroxylation sites is 1. The van der Waals surface area contributed by atoms with Gasteiger partial charge in [0.2, 0.25) is 0 Å². The molecule has 0 radical (unpaired) electrons. The third kappa shape index (κ3) is 3.12. The van der Waals surface area contributed by atoms with Gasteiger partial charge in [-0.3, -0.25) is 0 Å². The second-order valence-corrected chi connectivity index (χ2v) is 6.74. The monoisotopic (exact) mass is 361 g/mol. The predicted octanol–water partition coefficient (Wildman–Crippen LogP) is 5.10. The van der Waals surface area contributed by atoms with Gasteiger partial charge in [0.25, 0.3) is 0 Å². The zero-order chi connectivity index (χ0) is 17.3. The summed E-state index contributed by atoms with van der Waals surface area (Å²) < 4.78 is 7.98. The molecule has 124 valence electrons. The van der Waals surface area contributed by atoms with Crippen LogP contribution in [-0.2, 0) is 12.6 Å². The van der Waals surface area contributed by atoms with E-state index in [2.05, 4.69) is 10.2 Å². The number of ether oxygens (including phenoxy) is 1. The summed E-state index contributed by atoms with van der Waals surface area (Å²) >= 11 is 12.5. The molecule has 0 amide bonds. The largest absolute Gasteiger partial charge is 0.478 e. The Balaban J connectivity index is 1.98. The highest BCUT2D eigenvalue weighted by Gasteiger charge is 2.30. The van der Waals surface area contributed by atoms with Gasteiger partial charge in [0.15, 0.2) is 17.2 Å². The van der Waals surface area contributed by atoms with E-state index in [0.29, 0.717) is 27.4 Å². The zero-order valence-electron chi connectivity index (χ0n) is 13.6. The Morgan fingerprint density at radius 2 is 1.54 bits per heavy atom. The van der Waals surface area contributed by atoms with Crippen LogP contribution in [0.15, 0.2) is 48.5 Å². The lowest BCUT2D eigenvalue weighted by Gasteiger charge is -2.26. The van der Waals surface area contributed by atoms with Crippen molar-refractivity contribution in [3.05, 3.63) is 64.4 Å². The SMILES string of the molecule is Cn1c(-c2ccccc2Cl)nnc1C(C)(C)Oc1ccccc1Cl. The summed E-state index contributed by atoms with van der Waals surface area (Å²) in [5.41, 5.74) is 0.112. The van der Waals surface area contributed by atoms with E-state index >= 15 is 0 Å². The van der Waals surface area contributed by atoms with Crippen LogP contribution in [0, 0.1) is 0 Å². The van der Waals surface area contributed by atoms with Gasteiger partial charge in [-0.25, -0.2) is 0 Å². The molecule has 0 N–H and O–H groups in total. The van der Waals surface area contributed by atoms with E-state index in [1.807, 2.05) is 67.9 Å².